The lowest BCUT2D eigenvalue weighted by Crippen LogP contribution is -2.21. The zero-order valence-electron chi connectivity index (χ0n) is 18.9. The Labute approximate surface area is 208 Å². The number of hydrogen-bond acceptors (Lipinski definition) is 5. The summed E-state index contributed by atoms with van der Waals surface area (Å²) < 4.78 is 49.7. The number of H-pyrrole nitrogens is 1. The summed E-state index contributed by atoms with van der Waals surface area (Å²) in [5.74, 6) is 0.714. The number of nitrogens with zero attached hydrogens (tertiary/aromatic N) is 2. The number of hydrogen-bond donors (Lipinski definition) is 1. The molecule has 4 aromatic rings. The molecule has 186 valence electrons. The zero-order chi connectivity index (χ0) is 25.9. The third-order valence-electron chi connectivity index (χ3n) is 5.24. The van der Waals surface area contributed by atoms with Gasteiger partial charge in [-0.15, -0.1) is 0 Å². The highest BCUT2D eigenvalue weighted by Crippen LogP contribution is 2.21. The SMILES string of the molecule is COc1ccc(Cn2cc(-c3cc(=O)n(-c4ccc(OCC(F)(F)F)cc4)c(=S)[nH]3)ccc2=O)cc1. The predicted molar refractivity (Wildman–Crippen MR) is 131 cm³/mol. The Kier molecular flexibility index (Phi) is 7.11. The van der Waals surface area contributed by atoms with Gasteiger partial charge in [0.2, 0.25) is 0 Å². The van der Waals surface area contributed by atoms with Crippen LogP contribution in [-0.2, 0) is 6.54 Å². The fourth-order valence-corrected chi connectivity index (χ4v) is 3.80. The number of benzene rings is 2. The molecule has 0 amide bonds. The lowest BCUT2D eigenvalue weighted by atomic mass is 10.2. The number of aromatic nitrogens is 3. The van der Waals surface area contributed by atoms with Crippen molar-refractivity contribution in [2.45, 2.75) is 12.7 Å². The number of methoxy groups -OCH3 is 1. The second kappa shape index (κ2) is 10.2. The molecule has 2 aromatic heterocycles. The Balaban J connectivity index is 1.60. The number of pyridine rings is 1. The van der Waals surface area contributed by atoms with E-state index in [2.05, 4.69) is 4.98 Å². The third-order valence-corrected chi connectivity index (χ3v) is 5.52. The van der Waals surface area contributed by atoms with Gasteiger partial charge in [0.25, 0.3) is 11.1 Å². The van der Waals surface area contributed by atoms with Crippen molar-refractivity contribution in [3.05, 3.63) is 104 Å². The summed E-state index contributed by atoms with van der Waals surface area (Å²) in [7, 11) is 1.57. The molecule has 0 atom stereocenters. The lowest BCUT2D eigenvalue weighted by molar-refractivity contribution is -0.153. The van der Waals surface area contributed by atoms with Crippen LogP contribution in [-0.4, -0.2) is 34.0 Å². The van der Waals surface area contributed by atoms with Gasteiger partial charge in [0.1, 0.15) is 11.5 Å². The summed E-state index contributed by atoms with van der Waals surface area (Å²) in [6.45, 7) is -1.10. The van der Waals surface area contributed by atoms with Crippen LogP contribution in [0.1, 0.15) is 5.56 Å². The van der Waals surface area contributed by atoms with Crippen LogP contribution < -0.4 is 20.6 Å². The van der Waals surface area contributed by atoms with Gasteiger partial charge >= 0.3 is 6.18 Å². The van der Waals surface area contributed by atoms with Crippen LogP contribution in [0.2, 0.25) is 0 Å². The topological polar surface area (TPSA) is 78.2 Å². The van der Waals surface area contributed by atoms with Crippen molar-refractivity contribution in [1.82, 2.24) is 14.1 Å². The monoisotopic (exact) mass is 515 g/mol. The van der Waals surface area contributed by atoms with Gasteiger partial charge in [-0.3, -0.25) is 14.2 Å². The Hall–Kier alpha value is -4.12. The number of rotatable bonds is 7. The Morgan fingerprint density at radius 1 is 0.917 bits per heavy atom. The molecule has 0 fully saturated rings. The molecule has 7 nitrogen and oxygen atoms in total. The van der Waals surface area contributed by atoms with Gasteiger partial charge in [0.05, 0.1) is 25.0 Å². The molecule has 2 aromatic carbocycles. The maximum Gasteiger partial charge on any atom is 0.422 e. The van der Waals surface area contributed by atoms with Crippen molar-refractivity contribution in [1.29, 1.82) is 0 Å². The average Bonchev–Trinajstić information content (AvgIpc) is 2.84. The van der Waals surface area contributed by atoms with Crippen LogP contribution in [0.4, 0.5) is 13.2 Å². The molecule has 4 rings (SSSR count). The van der Waals surface area contributed by atoms with Crippen LogP contribution in [0.3, 0.4) is 0 Å². The van der Waals surface area contributed by atoms with E-state index in [4.69, 9.17) is 21.7 Å². The molecule has 1 N–H and O–H groups in total. The van der Waals surface area contributed by atoms with Gasteiger partial charge in [0.15, 0.2) is 11.4 Å². The molecule has 0 aliphatic heterocycles. The van der Waals surface area contributed by atoms with E-state index in [0.29, 0.717) is 29.2 Å². The highest BCUT2D eigenvalue weighted by Gasteiger charge is 2.28. The van der Waals surface area contributed by atoms with Gasteiger partial charge in [-0.1, -0.05) is 12.1 Å². The summed E-state index contributed by atoms with van der Waals surface area (Å²) in [5, 5.41) is 0. The molecule has 11 heteroatoms. The minimum Gasteiger partial charge on any atom is -0.497 e. The van der Waals surface area contributed by atoms with Gasteiger partial charge in [-0.05, 0) is 60.2 Å². The van der Waals surface area contributed by atoms with Crippen molar-refractivity contribution >= 4 is 12.2 Å². The molecule has 0 saturated carbocycles. The maximum atomic E-state index is 12.9. The van der Waals surface area contributed by atoms with E-state index in [-0.39, 0.29) is 16.1 Å². The van der Waals surface area contributed by atoms with E-state index in [0.717, 1.165) is 5.56 Å². The predicted octanol–water partition coefficient (Wildman–Crippen LogP) is 4.72. The van der Waals surface area contributed by atoms with Crippen LogP contribution >= 0.6 is 12.2 Å². The first-order valence-corrected chi connectivity index (χ1v) is 11.0. The molecular formula is C25H20F3N3O4S. The van der Waals surface area contributed by atoms with E-state index >= 15 is 0 Å². The number of nitrogens with one attached hydrogen (secondary N) is 1. The van der Waals surface area contributed by atoms with Crippen LogP contribution in [0.5, 0.6) is 11.5 Å². The van der Waals surface area contributed by atoms with Crippen molar-refractivity contribution in [2.75, 3.05) is 13.7 Å². The first-order chi connectivity index (χ1) is 17.1. The first-order valence-electron chi connectivity index (χ1n) is 10.6. The molecule has 2 heterocycles. The van der Waals surface area contributed by atoms with Crippen molar-refractivity contribution in [3.63, 3.8) is 0 Å². The molecule has 0 unspecified atom stereocenters. The first kappa shape index (κ1) is 25.0. The minimum atomic E-state index is -4.45. The summed E-state index contributed by atoms with van der Waals surface area (Å²) in [6.07, 6.45) is -2.82. The number of halogens is 3. The smallest absolute Gasteiger partial charge is 0.422 e. The van der Waals surface area contributed by atoms with Crippen LogP contribution in [0, 0.1) is 4.77 Å². The van der Waals surface area contributed by atoms with E-state index in [1.165, 1.54) is 45.5 Å². The largest absolute Gasteiger partial charge is 0.497 e. The van der Waals surface area contributed by atoms with Crippen molar-refractivity contribution in [3.8, 4) is 28.4 Å². The molecule has 0 bridgehead atoms. The molecule has 0 aliphatic carbocycles. The number of aromatic amines is 1. The molecule has 36 heavy (non-hydrogen) atoms. The molecule has 0 aliphatic rings. The van der Waals surface area contributed by atoms with Gasteiger partial charge in [-0.2, -0.15) is 13.2 Å². The van der Waals surface area contributed by atoms with Gasteiger partial charge < -0.3 is 19.0 Å². The zero-order valence-corrected chi connectivity index (χ0v) is 19.7. The van der Waals surface area contributed by atoms with E-state index in [9.17, 15) is 22.8 Å². The fraction of sp³-hybridized carbons (Fsp3) is 0.160. The van der Waals surface area contributed by atoms with Crippen molar-refractivity contribution < 1.29 is 22.6 Å². The Morgan fingerprint density at radius 3 is 2.19 bits per heavy atom. The second-order valence-electron chi connectivity index (χ2n) is 7.79. The Bertz CT molecular complexity index is 1510. The summed E-state index contributed by atoms with van der Waals surface area (Å²) in [6, 6.07) is 17.2. The second-order valence-corrected chi connectivity index (χ2v) is 8.18. The fourth-order valence-electron chi connectivity index (χ4n) is 3.49. The maximum absolute atomic E-state index is 12.9. The van der Waals surface area contributed by atoms with Crippen LogP contribution in [0.15, 0.2) is 82.5 Å². The van der Waals surface area contributed by atoms with E-state index in [1.54, 1.807) is 31.5 Å². The van der Waals surface area contributed by atoms with E-state index in [1.807, 2.05) is 12.1 Å². The molecule has 0 saturated heterocycles. The normalized spacial score (nSPS) is 11.3. The molecule has 0 radical (unpaired) electrons. The quantitative estimate of drug-likeness (QED) is 0.361. The summed E-state index contributed by atoms with van der Waals surface area (Å²) in [4.78, 5) is 28.3. The summed E-state index contributed by atoms with van der Waals surface area (Å²) >= 11 is 5.38. The summed E-state index contributed by atoms with van der Waals surface area (Å²) in [5.41, 5.74) is 1.57. The molecular weight excluding hydrogens is 495 g/mol. The third kappa shape index (κ3) is 5.92. The van der Waals surface area contributed by atoms with Crippen molar-refractivity contribution in [2.24, 2.45) is 0 Å². The van der Waals surface area contributed by atoms with Gasteiger partial charge in [0, 0.05) is 23.9 Å². The highest BCUT2D eigenvalue weighted by atomic mass is 32.1. The number of alkyl halides is 3. The molecule has 0 spiro atoms. The minimum absolute atomic E-state index is 0.00904. The Morgan fingerprint density at radius 2 is 1.58 bits per heavy atom. The average molecular weight is 516 g/mol. The lowest BCUT2D eigenvalue weighted by Gasteiger charge is -2.12. The van der Waals surface area contributed by atoms with Gasteiger partial charge in [-0.25, -0.2) is 0 Å². The van der Waals surface area contributed by atoms with Crippen LogP contribution in [0.25, 0.3) is 16.9 Å². The standard InChI is InChI=1S/C25H20F3N3O4S/c1-34-19-7-2-16(3-8-19)13-30-14-17(4-11-22(30)32)21-12-23(33)31(24(36)29-21)18-5-9-20(10-6-18)35-15-25(26,27)28/h2-12,14H,13,15H2,1H3,(H,29,36). The number of ether oxygens (including phenoxy) is 2. The van der Waals surface area contributed by atoms with E-state index < -0.39 is 18.3 Å². The highest BCUT2D eigenvalue weighted by molar-refractivity contribution is 7.71.